The average Bonchev–Trinajstić information content (AvgIpc) is 3.15. The molecule has 0 bridgehead atoms. The standard InChI is InChI=1S/C22H23N3O3/c26-21(25-12-10-24(11-13-25)18-6-2-1-3-7-18)16-28-22(27)14-17-15-23-20-9-5-4-8-19(17)20/h1-9,15,23H,10-14,16H2. The number of amides is 1. The fourth-order valence-electron chi connectivity index (χ4n) is 3.57. The van der Waals surface area contributed by atoms with E-state index in [0.29, 0.717) is 13.1 Å². The van der Waals surface area contributed by atoms with Gasteiger partial charge in [0.15, 0.2) is 6.61 Å². The highest BCUT2D eigenvalue weighted by Gasteiger charge is 2.22. The van der Waals surface area contributed by atoms with Crippen molar-refractivity contribution in [2.45, 2.75) is 6.42 Å². The van der Waals surface area contributed by atoms with E-state index >= 15 is 0 Å². The molecule has 0 unspecified atom stereocenters. The molecule has 3 aromatic rings. The second-order valence-electron chi connectivity index (χ2n) is 6.90. The number of esters is 1. The fourth-order valence-corrected chi connectivity index (χ4v) is 3.57. The zero-order valence-electron chi connectivity index (χ0n) is 15.6. The Morgan fingerprint density at radius 3 is 2.43 bits per heavy atom. The number of carbonyl (C=O) groups is 2. The molecule has 6 heteroatoms. The molecule has 1 saturated heterocycles. The van der Waals surface area contributed by atoms with E-state index < -0.39 is 0 Å². The van der Waals surface area contributed by atoms with Crippen LogP contribution in [0.1, 0.15) is 5.56 Å². The molecule has 0 atom stereocenters. The number of nitrogens with zero attached hydrogens (tertiary/aromatic N) is 2. The molecule has 0 saturated carbocycles. The van der Waals surface area contributed by atoms with Crippen LogP contribution >= 0.6 is 0 Å². The first-order chi connectivity index (χ1) is 13.7. The number of benzene rings is 2. The Balaban J connectivity index is 1.25. The Morgan fingerprint density at radius 2 is 1.64 bits per heavy atom. The van der Waals surface area contributed by atoms with Crippen molar-refractivity contribution in [3.05, 3.63) is 66.4 Å². The zero-order chi connectivity index (χ0) is 19.3. The number of nitrogens with one attached hydrogen (secondary N) is 1. The Labute approximate surface area is 163 Å². The van der Waals surface area contributed by atoms with Crippen LogP contribution in [0.15, 0.2) is 60.8 Å². The van der Waals surface area contributed by atoms with Gasteiger partial charge in [-0.1, -0.05) is 36.4 Å². The van der Waals surface area contributed by atoms with E-state index in [1.807, 2.05) is 48.7 Å². The van der Waals surface area contributed by atoms with Gasteiger partial charge in [-0.15, -0.1) is 0 Å². The summed E-state index contributed by atoms with van der Waals surface area (Å²) in [5.74, 6) is -0.527. The van der Waals surface area contributed by atoms with E-state index in [1.165, 1.54) is 5.69 Å². The average molecular weight is 377 g/mol. The first kappa shape index (κ1) is 18.1. The largest absolute Gasteiger partial charge is 0.455 e. The van der Waals surface area contributed by atoms with Crippen molar-refractivity contribution in [3.63, 3.8) is 0 Å². The molecule has 0 aliphatic carbocycles. The number of fused-ring (bicyclic) bond motifs is 1. The zero-order valence-corrected chi connectivity index (χ0v) is 15.6. The summed E-state index contributed by atoms with van der Waals surface area (Å²) in [5.41, 5.74) is 3.03. The number of carbonyl (C=O) groups excluding carboxylic acids is 2. The minimum Gasteiger partial charge on any atom is -0.455 e. The summed E-state index contributed by atoms with van der Waals surface area (Å²) in [4.78, 5) is 31.7. The molecule has 0 spiro atoms. The number of H-pyrrole nitrogens is 1. The van der Waals surface area contributed by atoms with Crippen LogP contribution in [0, 0.1) is 0 Å². The Morgan fingerprint density at radius 1 is 0.929 bits per heavy atom. The van der Waals surface area contributed by atoms with Crippen LogP contribution in [0.2, 0.25) is 0 Å². The summed E-state index contributed by atoms with van der Waals surface area (Å²) in [6.07, 6.45) is 1.97. The van der Waals surface area contributed by atoms with Crippen molar-refractivity contribution < 1.29 is 14.3 Å². The molecular weight excluding hydrogens is 354 g/mol. The summed E-state index contributed by atoms with van der Waals surface area (Å²) in [6, 6.07) is 18.0. The van der Waals surface area contributed by atoms with Crippen molar-refractivity contribution in [1.29, 1.82) is 0 Å². The first-order valence-corrected chi connectivity index (χ1v) is 9.49. The van der Waals surface area contributed by atoms with Crippen LogP contribution in [-0.4, -0.2) is 54.5 Å². The monoisotopic (exact) mass is 377 g/mol. The van der Waals surface area contributed by atoms with Gasteiger partial charge in [0.25, 0.3) is 5.91 Å². The summed E-state index contributed by atoms with van der Waals surface area (Å²) < 4.78 is 5.23. The summed E-state index contributed by atoms with van der Waals surface area (Å²) in [7, 11) is 0. The van der Waals surface area contributed by atoms with Crippen molar-refractivity contribution in [2.24, 2.45) is 0 Å². The molecule has 6 nitrogen and oxygen atoms in total. The molecule has 2 heterocycles. The number of piperazine rings is 1. The molecule has 1 aliphatic heterocycles. The Hall–Kier alpha value is -3.28. The maximum Gasteiger partial charge on any atom is 0.310 e. The highest BCUT2D eigenvalue weighted by atomic mass is 16.5. The molecule has 4 rings (SSSR count). The number of rotatable bonds is 5. The van der Waals surface area contributed by atoms with Gasteiger partial charge in [0.2, 0.25) is 0 Å². The lowest BCUT2D eigenvalue weighted by Crippen LogP contribution is -2.49. The molecule has 28 heavy (non-hydrogen) atoms. The normalized spacial score (nSPS) is 14.3. The molecule has 1 N–H and O–H groups in total. The molecule has 144 valence electrons. The highest BCUT2D eigenvalue weighted by molar-refractivity contribution is 5.88. The molecule has 1 aliphatic rings. The number of anilines is 1. The van der Waals surface area contributed by atoms with Gasteiger partial charge in [0, 0.05) is 49.0 Å². The molecule has 2 aromatic carbocycles. The lowest BCUT2D eigenvalue weighted by Gasteiger charge is -2.36. The Kier molecular flexibility index (Phi) is 5.28. The molecule has 1 amide bonds. The third kappa shape index (κ3) is 4.01. The number of hydrogen-bond donors (Lipinski definition) is 1. The van der Waals surface area contributed by atoms with Gasteiger partial charge < -0.3 is 19.5 Å². The van der Waals surface area contributed by atoms with E-state index in [2.05, 4.69) is 22.0 Å². The maximum absolute atomic E-state index is 12.4. The summed E-state index contributed by atoms with van der Waals surface area (Å²) in [5, 5.41) is 1.00. The smallest absolute Gasteiger partial charge is 0.310 e. The predicted molar refractivity (Wildman–Crippen MR) is 108 cm³/mol. The van der Waals surface area contributed by atoms with Gasteiger partial charge in [-0.25, -0.2) is 0 Å². The van der Waals surface area contributed by atoms with Crippen LogP contribution in [0.4, 0.5) is 5.69 Å². The van der Waals surface area contributed by atoms with E-state index in [4.69, 9.17) is 4.74 Å². The molecule has 1 fully saturated rings. The van der Waals surface area contributed by atoms with Crippen LogP contribution < -0.4 is 4.90 Å². The summed E-state index contributed by atoms with van der Waals surface area (Å²) >= 11 is 0. The number of ether oxygens (including phenoxy) is 1. The van der Waals surface area contributed by atoms with E-state index in [0.717, 1.165) is 29.6 Å². The van der Waals surface area contributed by atoms with Gasteiger partial charge in [-0.3, -0.25) is 9.59 Å². The SMILES string of the molecule is O=C(Cc1c[nH]c2ccccc12)OCC(=O)N1CCN(c2ccccc2)CC1. The van der Waals surface area contributed by atoms with E-state index in [9.17, 15) is 9.59 Å². The lowest BCUT2D eigenvalue weighted by molar-refractivity contribution is -0.151. The number of aromatic nitrogens is 1. The summed E-state index contributed by atoms with van der Waals surface area (Å²) in [6.45, 7) is 2.62. The van der Waals surface area contributed by atoms with E-state index in [1.54, 1.807) is 4.90 Å². The number of hydrogen-bond acceptors (Lipinski definition) is 4. The predicted octanol–water partition coefficient (Wildman–Crippen LogP) is 2.60. The second kappa shape index (κ2) is 8.17. The fraction of sp³-hybridized carbons (Fsp3) is 0.273. The Bertz CT molecular complexity index is 959. The van der Waals surface area contributed by atoms with Crippen LogP contribution in [0.3, 0.4) is 0 Å². The van der Waals surface area contributed by atoms with Gasteiger partial charge in [0.1, 0.15) is 0 Å². The van der Waals surface area contributed by atoms with Gasteiger partial charge >= 0.3 is 5.97 Å². The first-order valence-electron chi connectivity index (χ1n) is 9.49. The van der Waals surface area contributed by atoms with Crippen molar-refractivity contribution in [2.75, 3.05) is 37.7 Å². The van der Waals surface area contributed by atoms with Gasteiger partial charge in [0.05, 0.1) is 6.42 Å². The van der Waals surface area contributed by atoms with Crippen LogP contribution in [0.5, 0.6) is 0 Å². The number of aromatic amines is 1. The molecule has 1 aromatic heterocycles. The molecule has 0 radical (unpaired) electrons. The molecular formula is C22H23N3O3. The van der Waals surface area contributed by atoms with Crippen LogP contribution in [0.25, 0.3) is 10.9 Å². The van der Waals surface area contributed by atoms with Gasteiger partial charge in [-0.2, -0.15) is 0 Å². The van der Waals surface area contributed by atoms with Crippen LogP contribution in [-0.2, 0) is 20.7 Å². The van der Waals surface area contributed by atoms with E-state index in [-0.39, 0.29) is 24.9 Å². The lowest BCUT2D eigenvalue weighted by atomic mass is 10.1. The minimum atomic E-state index is -0.388. The third-order valence-electron chi connectivity index (χ3n) is 5.12. The third-order valence-corrected chi connectivity index (χ3v) is 5.12. The van der Waals surface area contributed by atoms with Crippen molar-refractivity contribution in [1.82, 2.24) is 9.88 Å². The number of para-hydroxylation sites is 2. The highest BCUT2D eigenvalue weighted by Crippen LogP contribution is 2.18. The second-order valence-corrected chi connectivity index (χ2v) is 6.90. The quantitative estimate of drug-likeness (QED) is 0.694. The topological polar surface area (TPSA) is 65.6 Å². The van der Waals surface area contributed by atoms with Crippen molar-refractivity contribution in [3.8, 4) is 0 Å². The minimum absolute atomic E-state index is 0.139. The van der Waals surface area contributed by atoms with Gasteiger partial charge in [-0.05, 0) is 23.8 Å². The maximum atomic E-state index is 12.4. The van der Waals surface area contributed by atoms with Crippen molar-refractivity contribution >= 4 is 28.5 Å².